The average molecular weight is 213 g/mol. The van der Waals surface area contributed by atoms with Crippen LogP contribution >= 0.6 is 0 Å². The van der Waals surface area contributed by atoms with E-state index < -0.39 is 0 Å². The minimum atomic E-state index is -0.177. The van der Waals surface area contributed by atoms with Gasteiger partial charge < -0.3 is 4.98 Å². The molecule has 80 valence electrons. The first kappa shape index (κ1) is 9.40. The van der Waals surface area contributed by atoms with E-state index in [9.17, 15) is 4.39 Å². The van der Waals surface area contributed by atoms with Crippen molar-refractivity contribution >= 4 is 21.8 Å². The molecule has 0 spiro atoms. The van der Waals surface area contributed by atoms with Gasteiger partial charge in [-0.2, -0.15) is 0 Å². The minimum Gasteiger partial charge on any atom is -0.352 e. The van der Waals surface area contributed by atoms with E-state index in [-0.39, 0.29) is 5.82 Å². The number of benzene rings is 2. The standard InChI is InChI=1S/C14H12FN/c1-8-3-4-13-10(5-8)11-6-9(2)7-12(15)14(11)16-13/h3-7,16H,1-2H3. The van der Waals surface area contributed by atoms with Gasteiger partial charge in [-0.1, -0.05) is 11.6 Å². The summed E-state index contributed by atoms with van der Waals surface area (Å²) in [6, 6.07) is 9.70. The molecule has 0 saturated heterocycles. The van der Waals surface area contributed by atoms with E-state index in [0.29, 0.717) is 5.52 Å². The van der Waals surface area contributed by atoms with Gasteiger partial charge in [0.2, 0.25) is 0 Å². The molecule has 0 atom stereocenters. The first-order valence-corrected chi connectivity index (χ1v) is 5.33. The molecule has 0 fully saturated rings. The number of hydrogen-bond acceptors (Lipinski definition) is 0. The van der Waals surface area contributed by atoms with Crippen LogP contribution in [0.5, 0.6) is 0 Å². The average Bonchev–Trinajstić information content (AvgIpc) is 2.57. The second-order valence-electron chi connectivity index (χ2n) is 4.34. The number of aryl methyl sites for hydroxylation is 2. The molecule has 1 aromatic heterocycles. The minimum absolute atomic E-state index is 0.177. The fourth-order valence-electron chi connectivity index (χ4n) is 2.21. The lowest BCUT2D eigenvalue weighted by atomic mass is 10.1. The highest BCUT2D eigenvalue weighted by Gasteiger charge is 2.08. The highest BCUT2D eigenvalue weighted by molar-refractivity contribution is 6.07. The largest absolute Gasteiger partial charge is 0.352 e. The maximum atomic E-state index is 13.8. The zero-order valence-corrected chi connectivity index (χ0v) is 9.26. The van der Waals surface area contributed by atoms with Crippen LogP contribution in [0.3, 0.4) is 0 Å². The molecule has 0 saturated carbocycles. The van der Waals surface area contributed by atoms with Gasteiger partial charge in [-0.05, 0) is 43.7 Å². The van der Waals surface area contributed by atoms with E-state index in [2.05, 4.69) is 11.1 Å². The highest BCUT2D eigenvalue weighted by Crippen LogP contribution is 2.28. The van der Waals surface area contributed by atoms with Crippen molar-refractivity contribution in [3.63, 3.8) is 0 Å². The van der Waals surface area contributed by atoms with Gasteiger partial charge in [-0.25, -0.2) is 4.39 Å². The fraction of sp³-hybridized carbons (Fsp3) is 0.143. The van der Waals surface area contributed by atoms with E-state index in [1.807, 2.05) is 32.0 Å². The van der Waals surface area contributed by atoms with Crippen molar-refractivity contribution in [2.75, 3.05) is 0 Å². The van der Waals surface area contributed by atoms with E-state index in [0.717, 1.165) is 21.9 Å². The van der Waals surface area contributed by atoms with Gasteiger partial charge >= 0.3 is 0 Å². The molecule has 0 amide bonds. The summed E-state index contributed by atoms with van der Waals surface area (Å²) in [5.41, 5.74) is 3.74. The van der Waals surface area contributed by atoms with Crippen LogP contribution in [-0.2, 0) is 0 Å². The number of halogens is 1. The molecule has 2 heteroatoms. The first-order chi connectivity index (χ1) is 7.65. The van der Waals surface area contributed by atoms with E-state index in [4.69, 9.17) is 0 Å². The molecule has 0 radical (unpaired) electrons. The smallest absolute Gasteiger partial charge is 0.147 e. The first-order valence-electron chi connectivity index (χ1n) is 5.33. The zero-order valence-electron chi connectivity index (χ0n) is 9.26. The molecule has 16 heavy (non-hydrogen) atoms. The predicted octanol–water partition coefficient (Wildman–Crippen LogP) is 4.08. The SMILES string of the molecule is Cc1ccc2[nH]c3c(F)cc(C)cc3c2c1. The third kappa shape index (κ3) is 1.23. The molecule has 3 aromatic rings. The lowest BCUT2D eigenvalue weighted by molar-refractivity contribution is 0.636. The summed E-state index contributed by atoms with van der Waals surface area (Å²) < 4.78 is 13.8. The quantitative estimate of drug-likeness (QED) is 0.579. The summed E-state index contributed by atoms with van der Waals surface area (Å²) in [7, 11) is 0. The Kier molecular flexibility index (Phi) is 1.81. The third-order valence-electron chi connectivity index (χ3n) is 2.96. The van der Waals surface area contributed by atoms with Gasteiger partial charge in [-0.3, -0.25) is 0 Å². The Morgan fingerprint density at radius 1 is 0.938 bits per heavy atom. The Labute approximate surface area is 92.9 Å². The summed E-state index contributed by atoms with van der Waals surface area (Å²) in [5.74, 6) is -0.177. The third-order valence-corrected chi connectivity index (χ3v) is 2.96. The summed E-state index contributed by atoms with van der Waals surface area (Å²) in [6.07, 6.45) is 0. The second-order valence-corrected chi connectivity index (χ2v) is 4.34. The van der Waals surface area contributed by atoms with E-state index in [1.165, 1.54) is 5.56 Å². The van der Waals surface area contributed by atoms with Crippen molar-refractivity contribution in [2.24, 2.45) is 0 Å². The number of aromatic nitrogens is 1. The van der Waals surface area contributed by atoms with Crippen molar-refractivity contribution in [3.8, 4) is 0 Å². The summed E-state index contributed by atoms with van der Waals surface area (Å²) in [4.78, 5) is 3.13. The highest BCUT2D eigenvalue weighted by atomic mass is 19.1. The number of H-pyrrole nitrogens is 1. The molecule has 1 heterocycles. The van der Waals surface area contributed by atoms with E-state index >= 15 is 0 Å². The molecule has 0 unspecified atom stereocenters. The van der Waals surface area contributed by atoms with E-state index in [1.54, 1.807) is 6.07 Å². The molecule has 1 nitrogen and oxygen atoms in total. The molecular formula is C14H12FN. The number of hydrogen-bond donors (Lipinski definition) is 1. The lowest BCUT2D eigenvalue weighted by Crippen LogP contribution is -1.79. The molecule has 0 bridgehead atoms. The normalized spacial score (nSPS) is 11.4. The molecule has 0 aliphatic heterocycles. The molecule has 2 aromatic carbocycles. The topological polar surface area (TPSA) is 15.8 Å². The van der Waals surface area contributed by atoms with Gasteiger partial charge in [0.15, 0.2) is 0 Å². The van der Waals surface area contributed by atoms with Crippen LogP contribution in [0, 0.1) is 19.7 Å². The number of fused-ring (bicyclic) bond motifs is 3. The molecule has 3 rings (SSSR count). The maximum absolute atomic E-state index is 13.8. The van der Waals surface area contributed by atoms with Crippen molar-refractivity contribution in [1.82, 2.24) is 4.98 Å². The maximum Gasteiger partial charge on any atom is 0.147 e. The monoisotopic (exact) mass is 213 g/mol. The number of aromatic amines is 1. The van der Waals surface area contributed by atoms with Gasteiger partial charge in [0, 0.05) is 16.3 Å². The fourth-order valence-corrected chi connectivity index (χ4v) is 2.21. The van der Waals surface area contributed by atoms with Crippen LogP contribution in [0.1, 0.15) is 11.1 Å². The lowest BCUT2D eigenvalue weighted by Gasteiger charge is -1.96. The van der Waals surface area contributed by atoms with Gasteiger partial charge in [-0.15, -0.1) is 0 Å². The van der Waals surface area contributed by atoms with Crippen molar-refractivity contribution < 1.29 is 4.39 Å². The second kappa shape index (κ2) is 3.08. The van der Waals surface area contributed by atoms with Crippen LogP contribution in [-0.4, -0.2) is 4.98 Å². The molecular weight excluding hydrogens is 201 g/mol. The summed E-state index contributed by atoms with van der Waals surface area (Å²) in [5, 5.41) is 2.06. The van der Waals surface area contributed by atoms with Crippen molar-refractivity contribution in [3.05, 3.63) is 47.3 Å². The Morgan fingerprint density at radius 3 is 2.50 bits per heavy atom. The molecule has 0 aliphatic carbocycles. The summed E-state index contributed by atoms with van der Waals surface area (Å²) in [6.45, 7) is 3.96. The summed E-state index contributed by atoms with van der Waals surface area (Å²) >= 11 is 0. The van der Waals surface area contributed by atoms with Gasteiger partial charge in [0.05, 0.1) is 5.52 Å². The van der Waals surface area contributed by atoms with Crippen LogP contribution in [0.25, 0.3) is 21.8 Å². The Morgan fingerprint density at radius 2 is 1.69 bits per heavy atom. The number of rotatable bonds is 0. The predicted molar refractivity (Wildman–Crippen MR) is 65.2 cm³/mol. The van der Waals surface area contributed by atoms with Crippen LogP contribution in [0.15, 0.2) is 30.3 Å². The Hall–Kier alpha value is -1.83. The van der Waals surface area contributed by atoms with Crippen LogP contribution in [0.2, 0.25) is 0 Å². The number of nitrogens with one attached hydrogen (secondary N) is 1. The molecule has 1 N–H and O–H groups in total. The molecule has 0 aliphatic rings. The van der Waals surface area contributed by atoms with Crippen LogP contribution < -0.4 is 0 Å². The Balaban J connectivity index is 2.57. The van der Waals surface area contributed by atoms with Crippen molar-refractivity contribution in [1.29, 1.82) is 0 Å². The Bertz CT molecular complexity index is 695. The van der Waals surface area contributed by atoms with Crippen molar-refractivity contribution in [2.45, 2.75) is 13.8 Å². The van der Waals surface area contributed by atoms with Crippen LogP contribution in [0.4, 0.5) is 4.39 Å². The van der Waals surface area contributed by atoms with Gasteiger partial charge in [0.1, 0.15) is 5.82 Å². The van der Waals surface area contributed by atoms with Gasteiger partial charge in [0.25, 0.3) is 0 Å². The zero-order chi connectivity index (χ0) is 11.3.